The molecule has 2 fully saturated rings. The summed E-state index contributed by atoms with van der Waals surface area (Å²) in [6.07, 6.45) is 4.11. The van der Waals surface area contributed by atoms with Gasteiger partial charge in [0.1, 0.15) is 5.54 Å². The Morgan fingerprint density at radius 3 is 2.29 bits per heavy atom. The average molecular weight is 588 g/mol. The van der Waals surface area contributed by atoms with E-state index in [0.717, 1.165) is 79.5 Å². The van der Waals surface area contributed by atoms with Gasteiger partial charge in [-0.3, -0.25) is 9.59 Å². The molecule has 9 heteroatoms. The highest BCUT2D eigenvalue weighted by Crippen LogP contribution is 2.37. The maximum absolute atomic E-state index is 14.3. The van der Waals surface area contributed by atoms with E-state index in [-0.39, 0.29) is 17.6 Å². The largest absolute Gasteiger partial charge is 0.378 e. The van der Waals surface area contributed by atoms with Crippen LogP contribution >= 0.6 is 11.8 Å². The number of anilines is 2. The summed E-state index contributed by atoms with van der Waals surface area (Å²) in [5.74, 6) is -0.0282. The summed E-state index contributed by atoms with van der Waals surface area (Å²) in [4.78, 5) is 41.6. The number of amides is 2. The Hall–Kier alpha value is -3.43. The molecule has 2 aliphatic rings. The molecular formula is C33H41N5O3S. The zero-order chi connectivity index (χ0) is 29.5. The van der Waals surface area contributed by atoms with Crippen LogP contribution in [0.2, 0.25) is 0 Å². The molecule has 2 aromatic carbocycles. The van der Waals surface area contributed by atoms with Gasteiger partial charge in [-0.1, -0.05) is 55.3 Å². The third kappa shape index (κ3) is 7.13. The molecule has 8 nitrogen and oxygen atoms in total. The van der Waals surface area contributed by atoms with Gasteiger partial charge in [-0.05, 0) is 75.1 Å². The number of nitrogens with one attached hydrogen (secondary N) is 1. The van der Waals surface area contributed by atoms with E-state index in [9.17, 15) is 9.59 Å². The number of aromatic nitrogens is 2. The third-order valence-electron chi connectivity index (χ3n) is 8.30. The molecule has 0 radical (unpaired) electrons. The van der Waals surface area contributed by atoms with Crippen LogP contribution in [0.25, 0.3) is 0 Å². The van der Waals surface area contributed by atoms with Gasteiger partial charge in [0.25, 0.3) is 0 Å². The lowest BCUT2D eigenvalue weighted by Gasteiger charge is -2.45. The molecule has 2 amide bonds. The first-order chi connectivity index (χ1) is 20.3. The molecule has 2 heterocycles. The number of aryl methyl sites for hydroxylation is 3. The van der Waals surface area contributed by atoms with Crippen LogP contribution in [-0.2, 0) is 20.9 Å². The molecule has 1 aliphatic heterocycles. The maximum Gasteiger partial charge on any atom is 0.250 e. The molecule has 222 valence electrons. The lowest BCUT2D eigenvalue weighted by atomic mass is 9.78. The zero-order valence-electron chi connectivity index (χ0n) is 24.9. The summed E-state index contributed by atoms with van der Waals surface area (Å²) in [6.45, 7) is 9.45. The fourth-order valence-corrected chi connectivity index (χ4v) is 6.80. The molecular weight excluding hydrogens is 546 g/mol. The van der Waals surface area contributed by atoms with Crippen LogP contribution in [0, 0.1) is 20.8 Å². The Morgan fingerprint density at radius 2 is 1.62 bits per heavy atom. The van der Waals surface area contributed by atoms with Gasteiger partial charge >= 0.3 is 0 Å². The smallest absolute Gasteiger partial charge is 0.250 e. The molecule has 5 rings (SSSR count). The van der Waals surface area contributed by atoms with Crippen LogP contribution in [0.4, 0.5) is 11.4 Å². The second kappa shape index (κ2) is 13.7. The summed E-state index contributed by atoms with van der Waals surface area (Å²) < 4.78 is 5.48. The van der Waals surface area contributed by atoms with Crippen LogP contribution in [0.3, 0.4) is 0 Å². The van der Waals surface area contributed by atoms with Crippen molar-refractivity contribution in [3.8, 4) is 0 Å². The van der Waals surface area contributed by atoms with Crippen molar-refractivity contribution in [2.24, 2.45) is 0 Å². The van der Waals surface area contributed by atoms with E-state index >= 15 is 0 Å². The van der Waals surface area contributed by atoms with Crippen molar-refractivity contribution in [2.45, 2.75) is 70.1 Å². The highest BCUT2D eigenvalue weighted by atomic mass is 32.2. The predicted octanol–water partition coefficient (Wildman–Crippen LogP) is 5.70. The highest BCUT2D eigenvalue weighted by molar-refractivity contribution is 7.99. The first kappa shape index (κ1) is 30.0. The van der Waals surface area contributed by atoms with Crippen molar-refractivity contribution in [1.82, 2.24) is 14.9 Å². The third-order valence-corrected chi connectivity index (χ3v) is 9.13. The molecule has 1 aromatic heterocycles. The maximum atomic E-state index is 14.3. The number of thioether (sulfide) groups is 1. The number of benzene rings is 2. The Bertz CT molecular complexity index is 1360. The number of hydrogen-bond donors (Lipinski definition) is 1. The Labute approximate surface area is 253 Å². The molecule has 1 N–H and O–H groups in total. The predicted molar refractivity (Wildman–Crippen MR) is 168 cm³/mol. The molecule has 0 bridgehead atoms. The summed E-state index contributed by atoms with van der Waals surface area (Å²) in [7, 11) is 0. The first-order valence-corrected chi connectivity index (χ1v) is 15.9. The summed E-state index contributed by atoms with van der Waals surface area (Å²) >= 11 is 1.33. The van der Waals surface area contributed by atoms with Gasteiger partial charge in [-0.25, -0.2) is 9.97 Å². The second-order valence-corrected chi connectivity index (χ2v) is 12.3. The lowest BCUT2D eigenvalue weighted by Crippen LogP contribution is -2.60. The van der Waals surface area contributed by atoms with Crippen molar-refractivity contribution in [3.63, 3.8) is 0 Å². The first-order valence-electron chi connectivity index (χ1n) is 14.9. The molecule has 1 saturated carbocycles. The van der Waals surface area contributed by atoms with E-state index < -0.39 is 5.54 Å². The van der Waals surface area contributed by atoms with E-state index in [1.165, 1.54) is 11.8 Å². The van der Waals surface area contributed by atoms with Crippen molar-refractivity contribution in [3.05, 3.63) is 77.1 Å². The van der Waals surface area contributed by atoms with Gasteiger partial charge < -0.3 is 19.9 Å². The number of morpholine rings is 1. The van der Waals surface area contributed by atoms with Gasteiger partial charge in [-0.2, -0.15) is 0 Å². The van der Waals surface area contributed by atoms with Crippen LogP contribution in [0.5, 0.6) is 0 Å². The average Bonchev–Trinajstić information content (AvgIpc) is 3.00. The van der Waals surface area contributed by atoms with E-state index in [1.807, 2.05) is 61.2 Å². The summed E-state index contributed by atoms with van der Waals surface area (Å²) in [6, 6.07) is 18.0. The molecule has 3 aromatic rings. The molecule has 42 heavy (non-hydrogen) atoms. The minimum absolute atomic E-state index is 0.0780. The Kier molecular flexibility index (Phi) is 9.80. The number of ether oxygens (including phenoxy) is 1. The topological polar surface area (TPSA) is 87.7 Å². The standard InChI is InChI=1S/C33H41N5O3S/c1-24-9-5-6-10-27(24)22-38(30(39)23-42-32-34-25(2)21-26(3)35-32)33(15-7-4-8-16-33)31(40)36-28-11-13-29(14-12-28)37-17-19-41-20-18-37/h5-6,9-14,21H,4,7-8,15-20,22-23H2,1-3H3,(H,36,40). The van der Waals surface area contributed by atoms with Gasteiger partial charge in [-0.15, -0.1) is 0 Å². The fraction of sp³-hybridized carbons (Fsp3) is 0.455. The van der Waals surface area contributed by atoms with Gasteiger partial charge in [0.15, 0.2) is 5.16 Å². The minimum Gasteiger partial charge on any atom is -0.378 e. The zero-order valence-corrected chi connectivity index (χ0v) is 25.7. The minimum atomic E-state index is -0.940. The van der Waals surface area contributed by atoms with Crippen LogP contribution in [0.1, 0.15) is 54.6 Å². The van der Waals surface area contributed by atoms with Gasteiger partial charge in [0.05, 0.1) is 19.0 Å². The van der Waals surface area contributed by atoms with E-state index in [2.05, 4.69) is 39.2 Å². The SMILES string of the molecule is Cc1cc(C)nc(SCC(=O)N(Cc2ccccc2C)C2(C(=O)Nc3ccc(N4CCOCC4)cc3)CCCCC2)n1. The van der Waals surface area contributed by atoms with Crippen molar-refractivity contribution in [1.29, 1.82) is 0 Å². The van der Waals surface area contributed by atoms with Gasteiger partial charge in [0.2, 0.25) is 11.8 Å². The Morgan fingerprint density at radius 1 is 0.952 bits per heavy atom. The highest BCUT2D eigenvalue weighted by Gasteiger charge is 2.47. The van der Waals surface area contributed by atoms with Crippen molar-refractivity contribution in [2.75, 3.05) is 42.3 Å². The quantitative estimate of drug-likeness (QED) is 0.254. The van der Waals surface area contributed by atoms with E-state index in [0.29, 0.717) is 24.5 Å². The van der Waals surface area contributed by atoms with Crippen molar-refractivity contribution >= 4 is 35.0 Å². The second-order valence-electron chi connectivity index (χ2n) is 11.3. The van der Waals surface area contributed by atoms with Crippen molar-refractivity contribution < 1.29 is 14.3 Å². The number of rotatable bonds is 9. The lowest BCUT2D eigenvalue weighted by molar-refractivity contribution is -0.146. The van der Waals surface area contributed by atoms with E-state index in [4.69, 9.17) is 4.74 Å². The molecule has 1 aliphatic carbocycles. The Balaban J connectivity index is 1.41. The number of nitrogens with zero attached hydrogens (tertiary/aromatic N) is 4. The van der Waals surface area contributed by atoms with Gasteiger partial charge in [0, 0.05) is 42.4 Å². The number of carbonyl (C=O) groups is 2. The van der Waals surface area contributed by atoms with Crippen LogP contribution in [-0.4, -0.2) is 64.3 Å². The number of hydrogen-bond acceptors (Lipinski definition) is 7. The summed E-state index contributed by atoms with van der Waals surface area (Å²) in [5, 5.41) is 3.78. The molecule has 0 atom stereocenters. The fourth-order valence-electron chi connectivity index (χ4n) is 5.98. The van der Waals surface area contributed by atoms with Crippen LogP contribution < -0.4 is 10.2 Å². The van der Waals surface area contributed by atoms with E-state index in [1.54, 1.807) is 0 Å². The normalized spacial score (nSPS) is 16.6. The molecule has 0 unspecified atom stereocenters. The van der Waals surface area contributed by atoms with Crippen LogP contribution in [0.15, 0.2) is 59.8 Å². The molecule has 0 spiro atoms. The summed E-state index contributed by atoms with van der Waals surface area (Å²) in [5.41, 5.74) is 4.81. The number of carbonyl (C=O) groups excluding carboxylic acids is 2. The monoisotopic (exact) mass is 587 g/mol. The molecule has 1 saturated heterocycles.